The number of hydrogen-bond acceptors (Lipinski definition) is 2. The van der Waals surface area contributed by atoms with Crippen LogP contribution >= 0.6 is 0 Å². The van der Waals surface area contributed by atoms with E-state index in [0.717, 1.165) is 38.9 Å². The van der Waals surface area contributed by atoms with Crippen molar-refractivity contribution in [1.82, 2.24) is 4.90 Å². The lowest BCUT2D eigenvalue weighted by Gasteiger charge is -2.38. The maximum atomic E-state index is 11.4. The molecule has 1 aliphatic carbocycles. The summed E-state index contributed by atoms with van der Waals surface area (Å²) in [6.45, 7) is 3.24. The van der Waals surface area contributed by atoms with Gasteiger partial charge in [-0.3, -0.25) is 9.69 Å². The van der Waals surface area contributed by atoms with Crippen LogP contribution in [0.25, 0.3) is 0 Å². The third kappa shape index (κ3) is 2.39. The third-order valence-corrected chi connectivity index (χ3v) is 4.25. The molecular weight excluding hydrogens is 222 g/mol. The molecule has 0 unspecified atom stereocenters. The topological polar surface area (TPSA) is 20.3 Å². The molecule has 0 amide bonds. The zero-order chi connectivity index (χ0) is 12.4. The van der Waals surface area contributed by atoms with Gasteiger partial charge in [0, 0.05) is 13.0 Å². The molecule has 0 radical (unpaired) electrons. The van der Waals surface area contributed by atoms with Gasteiger partial charge in [0.2, 0.25) is 0 Å². The van der Waals surface area contributed by atoms with Crippen LogP contribution in [0.4, 0.5) is 0 Å². The molecule has 1 aliphatic heterocycles. The SMILES string of the molecule is O=C1C=CC2(CCN(Cc3ccccc3)CC2)C1. The van der Waals surface area contributed by atoms with Gasteiger partial charge >= 0.3 is 0 Å². The fourth-order valence-corrected chi connectivity index (χ4v) is 3.08. The van der Waals surface area contributed by atoms with Crippen LogP contribution in [0.3, 0.4) is 0 Å². The molecule has 1 saturated heterocycles. The van der Waals surface area contributed by atoms with E-state index in [4.69, 9.17) is 0 Å². The second kappa shape index (κ2) is 4.69. The maximum absolute atomic E-state index is 11.4. The molecule has 18 heavy (non-hydrogen) atoms. The van der Waals surface area contributed by atoms with E-state index in [1.165, 1.54) is 5.56 Å². The van der Waals surface area contributed by atoms with Gasteiger partial charge in [0.25, 0.3) is 0 Å². The van der Waals surface area contributed by atoms with Crippen molar-refractivity contribution in [2.45, 2.75) is 25.8 Å². The lowest BCUT2D eigenvalue weighted by molar-refractivity contribution is -0.115. The molecule has 1 heterocycles. The van der Waals surface area contributed by atoms with Crippen LogP contribution in [-0.2, 0) is 11.3 Å². The minimum atomic E-state index is 0.199. The summed E-state index contributed by atoms with van der Waals surface area (Å²) in [6.07, 6.45) is 6.94. The summed E-state index contributed by atoms with van der Waals surface area (Å²) in [5.41, 5.74) is 1.58. The van der Waals surface area contributed by atoms with Crippen molar-refractivity contribution in [1.29, 1.82) is 0 Å². The molecule has 0 atom stereocenters. The number of ketones is 1. The van der Waals surface area contributed by atoms with E-state index in [1.54, 1.807) is 6.08 Å². The first kappa shape index (κ1) is 11.7. The Morgan fingerprint density at radius 3 is 2.44 bits per heavy atom. The van der Waals surface area contributed by atoms with Crippen LogP contribution in [0.5, 0.6) is 0 Å². The average Bonchev–Trinajstić information content (AvgIpc) is 2.75. The first-order chi connectivity index (χ1) is 8.76. The molecule has 3 rings (SSSR count). The summed E-state index contributed by atoms with van der Waals surface area (Å²) in [5.74, 6) is 0.312. The standard InChI is InChI=1S/C16H19NO/c18-15-6-7-16(12-15)8-10-17(11-9-16)13-14-4-2-1-3-5-14/h1-7H,8-13H2. The van der Waals surface area contributed by atoms with E-state index in [2.05, 4.69) is 41.3 Å². The minimum absolute atomic E-state index is 0.199. The van der Waals surface area contributed by atoms with Crippen LogP contribution in [0.1, 0.15) is 24.8 Å². The summed E-state index contributed by atoms with van der Waals surface area (Å²) < 4.78 is 0. The monoisotopic (exact) mass is 241 g/mol. The molecule has 0 bridgehead atoms. The van der Waals surface area contributed by atoms with Crippen LogP contribution in [-0.4, -0.2) is 23.8 Å². The Morgan fingerprint density at radius 2 is 1.83 bits per heavy atom. The molecule has 2 heteroatoms. The van der Waals surface area contributed by atoms with E-state index >= 15 is 0 Å². The Hall–Kier alpha value is -1.41. The molecule has 94 valence electrons. The van der Waals surface area contributed by atoms with Gasteiger partial charge in [-0.05, 0) is 43.0 Å². The number of carbonyl (C=O) groups is 1. The van der Waals surface area contributed by atoms with Crippen molar-refractivity contribution in [2.75, 3.05) is 13.1 Å². The van der Waals surface area contributed by atoms with Gasteiger partial charge in [-0.15, -0.1) is 0 Å². The normalized spacial score (nSPS) is 22.8. The van der Waals surface area contributed by atoms with Crippen molar-refractivity contribution in [3.05, 3.63) is 48.0 Å². The van der Waals surface area contributed by atoms with Crippen LogP contribution in [0.2, 0.25) is 0 Å². The summed E-state index contributed by atoms with van der Waals surface area (Å²) in [6, 6.07) is 10.6. The van der Waals surface area contributed by atoms with Crippen LogP contribution in [0.15, 0.2) is 42.5 Å². The number of carbonyl (C=O) groups excluding carboxylic acids is 1. The van der Waals surface area contributed by atoms with E-state index < -0.39 is 0 Å². The predicted octanol–water partition coefficient (Wildman–Crippen LogP) is 2.80. The second-order valence-corrected chi connectivity index (χ2v) is 5.60. The fraction of sp³-hybridized carbons (Fsp3) is 0.438. The van der Waals surface area contributed by atoms with Gasteiger partial charge in [0.05, 0.1) is 0 Å². The van der Waals surface area contributed by atoms with Gasteiger partial charge < -0.3 is 0 Å². The van der Waals surface area contributed by atoms with Gasteiger partial charge in [-0.2, -0.15) is 0 Å². The predicted molar refractivity (Wildman–Crippen MR) is 72.2 cm³/mol. The Labute approximate surface area is 108 Å². The number of allylic oxidation sites excluding steroid dienone is 2. The highest BCUT2D eigenvalue weighted by Gasteiger charge is 2.36. The molecule has 1 fully saturated rings. The highest BCUT2D eigenvalue weighted by molar-refractivity contribution is 5.93. The Morgan fingerprint density at radius 1 is 1.11 bits per heavy atom. The Balaban J connectivity index is 1.58. The summed E-state index contributed by atoms with van der Waals surface area (Å²) in [7, 11) is 0. The van der Waals surface area contributed by atoms with E-state index in [9.17, 15) is 4.79 Å². The van der Waals surface area contributed by atoms with E-state index in [0.29, 0.717) is 5.78 Å². The van der Waals surface area contributed by atoms with Crippen LogP contribution in [0, 0.1) is 5.41 Å². The average molecular weight is 241 g/mol. The molecule has 1 aromatic carbocycles. The van der Waals surface area contributed by atoms with Crippen molar-refractivity contribution in [2.24, 2.45) is 5.41 Å². The van der Waals surface area contributed by atoms with Gasteiger partial charge in [0.15, 0.2) is 5.78 Å². The number of piperidine rings is 1. The molecule has 0 N–H and O–H groups in total. The summed E-state index contributed by atoms with van der Waals surface area (Å²) in [4.78, 5) is 13.9. The first-order valence-corrected chi connectivity index (χ1v) is 6.74. The molecular formula is C16H19NO. The van der Waals surface area contributed by atoms with Crippen molar-refractivity contribution in [3.8, 4) is 0 Å². The zero-order valence-corrected chi connectivity index (χ0v) is 10.6. The zero-order valence-electron chi connectivity index (χ0n) is 10.6. The molecule has 0 saturated carbocycles. The minimum Gasteiger partial charge on any atom is -0.299 e. The van der Waals surface area contributed by atoms with Crippen LogP contribution < -0.4 is 0 Å². The van der Waals surface area contributed by atoms with Gasteiger partial charge in [-0.25, -0.2) is 0 Å². The number of rotatable bonds is 2. The molecule has 0 aromatic heterocycles. The number of benzene rings is 1. The van der Waals surface area contributed by atoms with Gasteiger partial charge in [0.1, 0.15) is 0 Å². The summed E-state index contributed by atoms with van der Waals surface area (Å²) in [5, 5.41) is 0. The third-order valence-electron chi connectivity index (χ3n) is 4.25. The lowest BCUT2D eigenvalue weighted by atomic mass is 9.78. The molecule has 2 nitrogen and oxygen atoms in total. The Bertz CT molecular complexity index is 455. The quantitative estimate of drug-likeness (QED) is 0.793. The maximum Gasteiger partial charge on any atom is 0.156 e. The number of likely N-dealkylation sites (tertiary alicyclic amines) is 1. The number of hydrogen-bond donors (Lipinski definition) is 0. The second-order valence-electron chi connectivity index (χ2n) is 5.60. The molecule has 2 aliphatic rings. The molecule has 1 spiro atoms. The van der Waals surface area contributed by atoms with Crippen molar-refractivity contribution >= 4 is 5.78 Å². The first-order valence-electron chi connectivity index (χ1n) is 6.74. The Kier molecular flexibility index (Phi) is 3.04. The van der Waals surface area contributed by atoms with E-state index in [-0.39, 0.29) is 5.41 Å². The molecule has 1 aromatic rings. The summed E-state index contributed by atoms with van der Waals surface area (Å²) >= 11 is 0. The van der Waals surface area contributed by atoms with Gasteiger partial charge in [-0.1, -0.05) is 36.4 Å². The van der Waals surface area contributed by atoms with Crippen molar-refractivity contribution in [3.63, 3.8) is 0 Å². The highest BCUT2D eigenvalue weighted by Crippen LogP contribution is 2.40. The van der Waals surface area contributed by atoms with Crippen molar-refractivity contribution < 1.29 is 4.79 Å². The highest BCUT2D eigenvalue weighted by atomic mass is 16.1. The van der Waals surface area contributed by atoms with E-state index in [1.807, 2.05) is 0 Å². The fourth-order valence-electron chi connectivity index (χ4n) is 3.08. The largest absolute Gasteiger partial charge is 0.299 e. The smallest absolute Gasteiger partial charge is 0.156 e. The lowest BCUT2D eigenvalue weighted by Crippen LogP contribution is -2.38. The number of nitrogens with zero attached hydrogens (tertiary/aromatic N) is 1.